The fourth-order valence-electron chi connectivity index (χ4n) is 1.86. The molecule has 9 heteroatoms. The van der Waals surface area contributed by atoms with Gasteiger partial charge in [-0.25, -0.2) is 5.10 Å². The zero-order valence-corrected chi connectivity index (χ0v) is 11.5. The second-order valence-electron chi connectivity index (χ2n) is 3.89. The number of aromatic hydroxyl groups is 1. The minimum atomic E-state index is -0.421. The lowest BCUT2D eigenvalue weighted by Crippen LogP contribution is -2.24. The van der Waals surface area contributed by atoms with E-state index >= 15 is 0 Å². The largest absolute Gasteiger partial charge is 0.505 e. The molecule has 0 saturated carbocycles. The molecule has 3 rings (SSSR count). The first-order chi connectivity index (χ1) is 9.08. The highest BCUT2D eigenvalue weighted by Gasteiger charge is 2.32. The van der Waals surface area contributed by atoms with Gasteiger partial charge in [-0.15, -0.1) is 0 Å². The third-order valence-electron chi connectivity index (χ3n) is 2.71. The lowest BCUT2D eigenvalue weighted by molar-refractivity contribution is 0.262. The molecule has 0 aliphatic carbocycles. The molecule has 1 unspecified atom stereocenters. The molecule has 1 aromatic carbocycles. The smallest absolute Gasteiger partial charge is 0.221 e. The molecule has 0 spiro atoms. The number of anilines is 1. The number of aromatic nitrogens is 3. The second-order valence-corrected chi connectivity index (χ2v) is 5.02. The SMILES string of the molecule is Oc1c(Cl)c(Cl)c2c(c1Cl)CC(Nc1ncn[nH]1)O2. The lowest BCUT2D eigenvalue weighted by Gasteiger charge is -2.12. The molecule has 0 amide bonds. The number of ether oxygens (including phenoxy) is 1. The fraction of sp³-hybridized carbons (Fsp3) is 0.200. The maximum atomic E-state index is 9.74. The van der Waals surface area contributed by atoms with Gasteiger partial charge in [-0.2, -0.15) is 10.1 Å². The summed E-state index contributed by atoms with van der Waals surface area (Å²) >= 11 is 17.9. The van der Waals surface area contributed by atoms with E-state index in [1.54, 1.807) is 0 Å². The van der Waals surface area contributed by atoms with Crippen molar-refractivity contribution >= 4 is 40.8 Å². The van der Waals surface area contributed by atoms with Crippen LogP contribution in [0.3, 0.4) is 0 Å². The fourth-order valence-corrected chi connectivity index (χ4v) is 2.59. The van der Waals surface area contributed by atoms with Gasteiger partial charge in [0.2, 0.25) is 5.95 Å². The molecular formula is C10H7Cl3N4O2. The van der Waals surface area contributed by atoms with Crippen LogP contribution in [-0.2, 0) is 6.42 Å². The van der Waals surface area contributed by atoms with E-state index in [2.05, 4.69) is 20.5 Å². The number of aromatic amines is 1. The molecule has 3 N–H and O–H groups in total. The van der Waals surface area contributed by atoms with Crippen molar-refractivity contribution in [3.63, 3.8) is 0 Å². The Morgan fingerprint density at radius 1 is 1.32 bits per heavy atom. The first-order valence-corrected chi connectivity index (χ1v) is 6.38. The van der Waals surface area contributed by atoms with Gasteiger partial charge in [0.25, 0.3) is 0 Å². The Morgan fingerprint density at radius 2 is 2.11 bits per heavy atom. The van der Waals surface area contributed by atoms with Crippen LogP contribution in [0.15, 0.2) is 6.33 Å². The Morgan fingerprint density at radius 3 is 2.79 bits per heavy atom. The van der Waals surface area contributed by atoms with E-state index in [9.17, 15) is 5.11 Å². The first-order valence-electron chi connectivity index (χ1n) is 5.24. The Labute approximate surface area is 122 Å². The van der Waals surface area contributed by atoms with Gasteiger partial charge in [0.05, 0.1) is 5.02 Å². The van der Waals surface area contributed by atoms with Crippen molar-refractivity contribution in [3.8, 4) is 11.5 Å². The number of benzene rings is 1. The molecule has 0 saturated heterocycles. The molecule has 1 aromatic heterocycles. The normalized spacial score (nSPS) is 17.1. The summed E-state index contributed by atoms with van der Waals surface area (Å²) in [5.74, 6) is 0.586. The zero-order chi connectivity index (χ0) is 13.6. The minimum Gasteiger partial charge on any atom is -0.505 e. The Kier molecular flexibility index (Phi) is 3.08. The molecule has 6 nitrogen and oxygen atoms in total. The van der Waals surface area contributed by atoms with Crippen molar-refractivity contribution in [2.45, 2.75) is 12.6 Å². The summed E-state index contributed by atoms with van der Waals surface area (Å²) in [5.41, 5.74) is 0.602. The van der Waals surface area contributed by atoms with E-state index in [0.717, 1.165) is 0 Å². The van der Waals surface area contributed by atoms with Crippen LogP contribution in [0.25, 0.3) is 0 Å². The number of fused-ring (bicyclic) bond motifs is 1. The summed E-state index contributed by atoms with van der Waals surface area (Å²) < 4.78 is 5.62. The molecule has 100 valence electrons. The van der Waals surface area contributed by atoms with Crippen molar-refractivity contribution in [2.75, 3.05) is 5.32 Å². The maximum absolute atomic E-state index is 9.74. The number of phenols is 1. The number of hydrogen-bond donors (Lipinski definition) is 3. The molecule has 1 aliphatic heterocycles. The number of hydrogen-bond acceptors (Lipinski definition) is 5. The van der Waals surface area contributed by atoms with Crippen molar-refractivity contribution in [1.29, 1.82) is 0 Å². The highest BCUT2D eigenvalue weighted by Crippen LogP contribution is 2.50. The van der Waals surface area contributed by atoms with Crippen molar-refractivity contribution in [2.24, 2.45) is 0 Å². The quantitative estimate of drug-likeness (QED) is 0.741. The highest BCUT2D eigenvalue weighted by atomic mass is 35.5. The average Bonchev–Trinajstić information content (AvgIpc) is 3.04. The third kappa shape index (κ3) is 2.05. The topological polar surface area (TPSA) is 83.1 Å². The van der Waals surface area contributed by atoms with Crippen molar-refractivity contribution < 1.29 is 9.84 Å². The first kappa shape index (κ1) is 12.7. The van der Waals surface area contributed by atoms with Gasteiger partial charge in [-0.1, -0.05) is 34.8 Å². The van der Waals surface area contributed by atoms with Gasteiger partial charge in [0.1, 0.15) is 22.1 Å². The van der Waals surface area contributed by atoms with E-state index in [-0.39, 0.29) is 20.8 Å². The molecule has 0 fully saturated rings. The van der Waals surface area contributed by atoms with Gasteiger partial charge in [-0.05, 0) is 0 Å². The van der Waals surface area contributed by atoms with Crippen LogP contribution >= 0.6 is 34.8 Å². The summed E-state index contributed by atoms with van der Waals surface area (Å²) in [6.45, 7) is 0. The van der Waals surface area contributed by atoms with Gasteiger partial charge in [0.15, 0.2) is 12.0 Å². The molecule has 2 aromatic rings. The zero-order valence-electron chi connectivity index (χ0n) is 9.25. The van der Waals surface area contributed by atoms with Crippen LogP contribution in [0.4, 0.5) is 5.95 Å². The minimum absolute atomic E-state index is 0.0225. The van der Waals surface area contributed by atoms with Gasteiger partial charge in [-0.3, -0.25) is 0 Å². The van der Waals surface area contributed by atoms with Gasteiger partial charge < -0.3 is 15.2 Å². The van der Waals surface area contributed by atoms with Crippen LogP contribution in [0.1, 0.15) is 5.56 Å². The van der Waals surface area contributed by atoms with Crippen LogP contribution < -0.4 is 10.1 Å². The van der Waals surface area contributed by atoms with Crippen LogP contribution in [0.2, 0.25) is 15.1 Å². The molecule has 2 heterocycles. The summed E-state index contributed by atoms with van der Waals surface area (Å²) in [6.07, 6.45) is 1.36. The number of nitrogens with one attached hydrogen (secondary N) is 2. The maximum Gasteiger partial charge on any atom is 0.221 e. The number of phenolic OH excluding ortho intramolecular Hbond substituents is 1. The molecule has 1 atom stereocenters. The third-order valence-corrected chi connectivity index (χ3v) is 3.94. The van der Waals surface area contributed by atoms with Crippen LogP contribution in [0.5, 0.6) is 11.5 Å². The van der Waals surface area contributed by atoms with E-state index in [4.69, 9.17) is 39.5 Å². The van der Waals surface area contributed by atoms with Crippen molar-refractivity contribution in [3.05, 3.63) is 27.0 Å². The summed E-state index contributed by atoms with van der Waals surface area (Å²) in [5, 5.41) is 19.3. The van der Waals surface area contributed by atoms with Crippen molar-refractivity contribution in [1.82, 2.24) is 15.2 Å². The number of rotatable bonds is 2. The number of nitrogens with zero attached hydrogens (tertiary/aromatic N) is 2. The van der Waals surface area contributed by atoms with E-state index in [1.165, 1.54) is 6.33 Å². The molecule has 0 radical (unpaired) electrons. The van der Waals surface area contributed by atoms with E-state index in [1.807, 2.05) is 0 Å². The predicted molar refractivity (Wildman–Crippen MR) is 71.3 cm³/mol. The summed E-state index contributed by atoms with van der Waals surface area (Å²) in [6, 6.07) is 0. The van der Waals surface area contributed by atoms with E-state index < -0.39 is 6.23 Å². The lowest BCUT2D eigenvalue weighted by atomic mass is 10.1. The summed E-state index contributed by atoms with van der Waals surface area (Å²) in [4.78, 5) is 3.92. The Balaban J connectivity index is 1.92. The second kappa shape index (κ2) is 4.63. The van der Waals surface area contributed by atoms with Gasteiger partial charge in [0, 0.05) is 12.0 Å². The molecule has 0 bridgehead atoms. The Bertz CT molecular complexity index is 595. The monoisotopic (exact) mass is 320 g/mol. The number of H-pyrrole nitrogens is 1. The van der Waals surface area contributed by atoms with Crippen LogP contribution in [-0.4, -0.2) is 26.5 Å². The molecular weight excluding hydrogens is 314 g/mol. The molecule has 19 heavy (non-hydrogen) atoms. The molecule has 1 aliphatic rings. The summed E-state index contributed by atoms with van der Waals surface area (Å²) in [7, 11) is 0. The standard InChI is InChI=1S/C10H7Cl3N4O2/c11-5-3-1-4(16-10-14-2-15-17-10)19-9(3)7(13)6(12)8(5)18/h2,4,18H,1H2,(H2,14,15,16,17). The van der Waals surface area contributed by atoms with Crippen LogP contribution in [0, 0.1) is 0 Å². The highest BCUT2D eigenvalue weighted by molar-refractivity contribution is 6.46. The van der Waals surface area contributed by atoms with Gasteiger partial charge >= 0.3 is 0 Å². The average molecular weight is 322 g/mol. The predicted octanol–water partition coefficient (Wildman–Crippen LogP) is 2.84. The van der Waals surface area contributed by atoms with E-state index in [0.29, 0.717) is 23.7 Å². The number of halogens is 3. The Hall–Kier alpha value is -1.37.